The van der Waals surface area contributed by atoms with Crippen molar-refractivity contribution in [2.24, 2.45) is 0 Å². The molecule has 2 N–H and O–H groups in total. The van der Waals surface area contributed by atoms with Gasteiger partial charge in [0.15, 0.2) is 0 Å². The molecule has 5 nitrogen and oxygen atoms in total. The number of hydrogen-bond acceptors (Lipinski definition) is 3. The fourth-order valence-electron chi connectivity index (χ4n) is 2.18. The molecule has 5 heteroatoms. The molecule has 0 aliphatic carbocycles. The zero-order valence-electron chi connectivity index (χ0n) is 10.7. The summed E-state index contributed by atoms with van der Waals surface area (Å²) in [6.07, 6.45) is 8.71. The van der Waals surface area contributed by atoms with E-state index >= 15 is 0 Å². The number of nitrogens with zero attached hydrogens (tertiary/aromatic N) is 3. The Balaban J connectivity index is 1.47. The van der Waals surface area contributed by atoms with Crippen molar-refractivity contribution in [1.29, 1.82) is 0 Å². The van der Waals surface area contributed by atoms with Crippen LogP contribution in [-0.2, 0) is 13.1 Å². The van der Waals surface area contributed by atoms with Gasteiger partial charge < -0.3 is 10.3 Å². The van der Waals surface area contributed by atoms with Gasteiger partial charge in [0.25, 0.3) is 0 Å². The molecular formula is C14H17N5. The minimum Gasteiger partial charge on any atom is -0.346 e. The minimum absolute atomic E-state index is 0.866. The van der Waals surface area contributed by atoms with E-state index < -0.39 is 0 Å². The van der Waals surface area contributed by atoms with Crippen LogP contribution in [0, 0.1) is 0 Å². The summed E-state index contributed by atoms with van der Waals surface area (Å²) in [6.45, 7) is 2.80. The van der Waals surface area contributed by atoms with E-state index in [0.29, 0.717) is 0 Å². The summed E-state index contributed by atoms with van der Waals surface area (Å²) in [5, 5.41) is 8.83. The van der Waals surface area contributed by atoms with E-state index in [9.17, 15) is 0 Å². The zero-order valence-corrected chi connectivity index (χ0v) is 10.7. The molecule has 0 fully saturated rings. The molecule has 0 atom stereocenters. The molecule has 0 aromatic carbocycles. The third kappa shape index (κ3) is 2.82. The van der Waals surface area contributed by atoms with Gasteiger partial charge in [-0.3, -0.25) is 4.68 Å². The van der Waals surface area contributed by atoms with Gasteiger partial charge in [-0.15, -0.1) is 0 Å². The average molecular weight is 255 g/mol. The lowest BCUT2D eigenvalue weighted by atomic mass is 10.2. The van der Waals surface area contributed by atoms with Crippen LogP contribution in [-0.4, -0.2) is 26.3 Å². The van der Waals surface area contributed by atoms with Crippen LogP contribution in [0.25, 0.3) is 11.0 Å². The molecule has 19 heavy (non-hydrogen) atoms. The molecular weight excluding hydrogens is 238 g/mol. The van der Waals surface area contributed by atoms with Crippen LogP contribution in [0.2, 0.25) is 0 Å². The van der Waals surface area contributed by atoms with Crippen LogP contribution in [0.5, 0.6) is 0 Å². The Hall–Kier alpha value is -2.14. The molecule has 3 aromatic rings. The molecule has 3 heterocycles. The highest BCUT2D eigenvalue weighted by Crippen LogP contribution is 2.14. The monoisotopic (exact) mass is 255 g/mol. The number of pyridine rings is 1. The van der Waals surface area contributed by atoms with Gasteiger partial charge in [-0.2, -0.15) is 5.10 Å². The van der Waals surface area contributed by atoms with E-state index in [1.54, 1.807) is 6.20 Å². The Bertz CT molecular complexity index is 626. The fraction of sp³-hybridized carbons (Fsp3) is 0.286. The Labute approximate surface area is 111 Å². The lowest BCUT2D eigenvalue weighted by molar-refractivity contribution is 0.544. The second kappa shape index (κ2) is 5.67. The van der Waals surface area contributed by atoms with Crippen molar-refractivity contribution in [1.82, 2.24) is 25.1 Å². The van der Waals surface area contributed by atoms with Gasteiger partial charge in [-0.05, 0) is 36.7 Å². The summed E-state index contributed by atoms with van der Waals surface area (Å²) in [7, 11) is 0. The van der Waals surface area contributed by atoms with Crippen molar-refractivity contribution in [3.63, 3.8) is 0 Å². The lowest BCUT2D eigenvalue weighted by Crippen LogP contribution is -2.16. The van der Waals surface area contributed by atoms with Crippen LogP contribution < -0.4 is 5.32 Å². The van der Waals surface area contributed by atoms with E-state index in [2.05, 4.69) is 26.4 Å². The molecule has 3 rings (SSSR count). The summed E-state index contributed by atoms with van der Waals surface area (Å²) in [5.74, 6) is 0. The van der Waals surface area contributed by atoms with Crippen LogP contribution in [0.1, 0.15) is 12.0 Å². The number of aryl methyl sites for hydroxylation is 1. The van der Waals surface area contributed by atoms with Crippen molar-refractivity contribution in [2.45, 2.75) is 19.5 Å². The molecule has 3 aromatic heterocycles. The maximum Gasteiger partial charge on any atom is 0.137 e. The van der Waals surface area contributed by atoms with Crippen molar-refractivity contribution in [3.8, 4) is 0 Å². The summed E-state index contributed by atoms with van der Waals surface area (Å²) in [5.41, 5.74) is 2.22. The van der Waals surface area contributed by atoms with Crippen molar-refractivity contribution >= 4 is 11.0 Å². The highest BCUT2D eigenvalue weighted by Gasteiger charge is 2.02. The third-order valence-electron chi connectivity index (χ3n) is 3.15. The van der Waals surface area contributed by atoms with Gasteiger partial charge in [-0.25, -0.2) is 4.98 Å². The van der Waals surface area contributed by atoms with Gasteiger partial charge in [0, 0.05) is 43.3 Å². The van der Waals surface area contributed by atoms with Crippen molar-refractivity contribution in [2.75, 3.05) is 6.54 Å². The van der Waals surface area contributed by atoms with Gasteiger partial charge in [-0.1, -0.05) is 0 Å². The topological polar surface area (TPSA) is 58.5 Å². The first-order valence-corrected chi connectivity index (χ1v) is 6.52. The second-order valence-corrected chi connectivity index (χ2v) is 4.51. The Morgan fingerprint density at radius 2 is 2.26 bits per heavy atom. The van der Waals surface area contributed by atoms with Gasteiger partial charge >= 0.3 is 0 Å². The molecule has 0 spiro atoms. The van der Waals surface area contributed by atoms with Crippen LogP contribution in [0.4, 0.5) is 0 Å². The third-order valence-corrected chi connectivity index (χ3v) is 3.15. The SMILES string of the molecule is c1cnc2[nH]cc(CNCCCn3cccn3)c2c1. The normalized spacial score (nSPS) is 11.2. The quantitative estimate of drug-likeness (QED) is 0.662. The predicted octanol–water partition coefficient (Wildman–Crippen LogP) is 1.94. The molecule has 98 valence electrons. The van der Waals surface area contributed by atoms with Gasteiger partial charge in [0.1, 0.15) is 5.65 Å². The lowest BCUT2D eigenvalue weighted by Gasteiger charge is -2.04. The number of hydrogen-bond donors (Lipinski definition) is 2. The predicted molar refractivity (Wildman–Crippen MR) is 74.6 cm³/mol. The van der Waals surface area contributed by atoms with Crippen LogP contribution >= 0.6 is 0 Å². The Kier molecular flexibility index (Phi) is 3.56. The molecule has 0 radical (unpaired) electrons. The Morgan fingerprint density at radius 3 is 3.16 bits per heavy atom. The summed E-state index contributed by atoms with van der Waals surface area (Å²) >= 11 is 0. The Morgan fingerprint density at radius 1 is 1.26 bits per heavy atom. The first kappa shape index (κ1) is 11.9. The van der Waals surface area contributed by atoms with Crippen LogP contribution in [0.3, 0.4) is 0 Å². The van der Waals surface area contributed by atoms with E-state index in [1.807, 2.05) is 35.4 Å². The van der Waals surface area contributed by atoms with E-state index in [-0.39, 0.29) is 0 Å². The first-order chi connectivity index (χ1) is 9.43. The molecule has 0 aliphatic heterocycles. The highest BCUT2D eigenvalue weighted by molar-refractivity contribution is 5.79. The first-order valence-electron chi connectivity index (χ1n) is 6.52. The van der Waals surface area contributed by atoms with Crippen molar-refractivity contribution < 1.29 is 0 Å². The van der Waals surface area contributed by atoms with E-state index in [4.69, 9.17) is 0 Å². The van der Waals surface area contributed by atoms with E-state index in [0.717, 1.165) is 31.7 Å². The molecule has 0 unspecified atom stereocenters. The summed E-state index contributed by atoms with van der Waals surface area (Å²) in [4.78, 5) is 7.47. The molecule has 0 saturated heterocycles. The average Bonchev–Trinajstić information content (AvgIpc) is 3.08. The van der Waals surface area contributed by atoms with Gasteiger partial charge in [0.2, 0.25) is 0 Å². The maximum absolute atomic E-state index is 4.29. The zero-order chi connectivity index (χ0) is 12.9. The molecule has 0 aliphatic rings. The standard InChI is InChI=1S/C14H17N5/c1-4-13-12(11-17-14(13)16-6-1)10-15-5-2-8-19-9-3-7-18-19/h1,3-4,6-7,9,11,15H,2,5,8,10H2,(H,16,17). The summed E-state index contributed by atoms with van der Waals surface area (Å²) < 4.78 is 1.96. The van der Waals surface area contributed by atoms with Gasteiger partial charge in [0.05, 0.1) is 0 Å². The second-order valence-electron chi connectivity index (χ2n) is 4.51. The fourth-order valence-corrected chi connectivity index (χ4v) is 2.18. The number of H-pyrrole nitrogens is 1. The number of nitrogens with one attached hydrogen (secondary N) is 2. The van der Waals surface area contributed by atoms with Crippen molar-refractivity contribution in [3.05, 3.63) is 48.5 Å². The smallest absolute Gasteiger partial charge is 0.137 e. The molecule has 0 saturated carbocycles. The number of aromatic nitrogens is 4. The molecule has 0 amide bonds. The number of aromatic amines is 1. The van der Waals surface area contributed by atoms with E-state index in [1.165, 1.54) is 10.9 Å². The van der Waals surface area contributed by atoms with Crippen LogP contribution in [0.15, 0.2) is 43.0 Å². The maximum atomic E-state index is 4.29. The summed E-state index contributed by atoms with van der Waals surface area (Å²) in [6, 6.07) is 6.02. The molecule has 0 bridgehead atoms. The minimum atomic E-state index is 0.866. The largest absolute Gasteiger partial charge is 0.346 e. The number of rotatable bonds is 6. The number of fused-ring (bicyclic) bond motifs is 1. The highest BCUT2D eigenvalue weighted by atomic mass is 15.3.